The Hall–Kier alpha value is -2.61. The summed E-state index contributed by atoms with van der Waals surface area (Å²) in [6.07, 6.45) is 0.534. The second kappa shape index (κ2) is 5.54. The molecular formula is C21H19NO. The molecule has 1 aliphatic heterocycles. The maximum Gasteiger partial charge on any atom is 0.223 e. The second-order valence-electron chi connectivity index (χ2n) is 6.31. The number of fused-ring (bicyclic) bond motifs is 2. The molecule has 114 valence electrons. The van der Waals surface area contributed by atoms with E-state index < -0.39 is 0 Å². The second-order valence-corrected chi connectivity index (χ2v) is 6.31. The SMILES string of the molecule is CN1Cc2ccccc2C(c2ccc3ccccc3c2)CC1=O. The zero-order valence-electron chi connectivity index (χ0n) is 13.2. The molecule has 0 aliphatic carbocycles. The molecule has 1 amide bonds. The van der Waals surface area contributed by atoms with Crippen LogP contribution in [0.25, 0.3) is 10.8 Å². The van der Waals surface area contributed by atoms with Gasteiger partial charge in [0.05, 0.1) is 0 Å². The van der Waals surface area contributed by atoms with E-state index >= 15 is 0 Å². The lowest BCUT2D eigenvalue weighted by molar-refractivity contribution is -0.130. The van der Waals surface area contributed by atoms with E-state index in [1.165, 1.54) is 27.5 Å². The highest BCUT2D eigenvalue weighted by Crippen LogP contribution is 2.35. The summed E-state index contributed by atoms with van der Waals surface area (Å²) >= 11 is 0. The Morgan fingerprint density at radius 2 is 1.65 bits per heavy atom. The quantitative estimate of drug-likeness (QED) is 0.655. The predicted molar refractivity (Wildman–Crippen MR) is 93.3 cm³/mol. The van der Waals surface area contributed by atoms with E-state index in [9.17, 15) is 4.79 Å². The summed E-state index contributed by atoms with van der Waals surface area (Å²) in [5, 5.41) is 2.47. The van der Waals surface area contributed by atoms with E-state index in [2.05, 4.69) is 66.7 Å². The lowest BCUT2D eigenvalue weighted by atomic mass is 9.85. The number of hydrogen-bond acceptors (Lipinski definition) is 1. The Morgan fingerprint density at radius 3 is 2.52 bits per heavy atom. The van der Waals surface area contributed by atoms with Crippen LogP contribution < -0.4 is 0 Å². The third kappa shape index (κ3) is 2.50. The molecule has 0 aromatic heterocycles. The van der Waals surface area contributed by atoms with E-state index in [0.717, 1.165) is 0 Å². The Bertz CT molecular complexity index is 884. The van der Waals surface area contributed by atoms with Crippen molar-refractivity contribution in [2.24, 2.45) is 0 Å². The lowest BCUT2D eigenvalue weighted by Gasteiger charge is -2.17. The van der Waals surface area contributed by atoms with Crippen LogP contribution in [0.2, 0.25) is 0 Å². The van der Waals surface area contributed by atoms with Gasteiger partial charge in [0.25, 0.3) is 0 Å². The fourth-order valence-corrected chi connectivity index (χ4v) is 3.52. The van der Waals surface area contributed by atoms with Crippen molar-refractivity contribution in [1.82, 2.24) is 4.90 Å². The molecule has 0 N–H and O–H groups in total. The first-order valence-corrected chi connectivity index (χ1v) is 8.03. The minimum absolute atomic E-state index is 0.133. The fraction of sp³-hybridized carbons (Fsp3) is 0.190. The molecule has 0 radical (unpaired) electrons. The van der Waals surface area contributed by atoms with Gasteiger partial charge in [0.2, 0.25) is 5.91 Å². The zero-order chi connectivity index (χ0) is 15.8. The van der Waals surface area contributed by atoms with Gasteiger partial charge < -0.3 is 4.90 Å². The minimum atomic E-state index is 0.133. The molecule has 1 aliphatic rings. The summed E-state index contributed by atoms with van der Waals surface area (Å²) < 4.78 is 0. The molecule has 1 atom stereocenters. The Morgan fingerprint density at radius 1 is 0.913 bits per heavy atom. The number of amides is 1. The summed E-state index contributed by atoms with van der Waals surface area (Å²) in [5.74, 6) is 0.340. The highest BCUT2D eigenvalue weighted by molar-refractivity contribution is 5.84. The Balaban J connectivity index is 1.86. The van der Waals surface area contributed by atoms with Crippen molar-refractivity contribution < 1.29 is 4.79 Å². The molecule has 2 heteroatoms. The van der Waals surface area contributed by atoms with E-state index in [4.69, 9.17) is 0 Å². The van der Waals surface area contributed by atoms with E-state index in [-0.39, 0.29) is 11.8 Å². The van der Waals surface area contributed by atoms with Crippen LogP contribution in [0.5, 0.6) is 0 Å². The van der Waals surface area contributed by atoms with Crippen molar-refractivity contribution in [3.63, 3.8) is 0 Å². The van der Waals surface area contributed by atoms with Crippen molar-refractivity contribution >= 4 is 16.7 Å². The van der Waals surface area contributed by atoms with Gasteiger partial charge >= 0.3 is 0 Å². The maximum absolute atomic E-state index is 12.5. The summed E-state index contributed by atoms with van der Waals surface area (Å²) in [4.78, 5) is 14.3. The number of rotatable bonds is 1. The molecule has 0 fully saturated rings. The molecule has 1 unspecified atom stereocenters. The third-order valence-corrected chi connectivity index (χ3v) is 4.82. The van der Waals surface area contributed by atoms with Gasteiger partial charge in [0.15, 0.2) is 0 Å². The topological polar surface area (TPSA) is 20.3 Å². The van der Waals surface area contributed by atoms with Gasteiger partial charge in [-0.25, -0.2) is 0 Å². The van der Waals surface area contributed by atoms with Crippen molar-refractivity contribution in [3.05, 3.63) is 83.4 Å². The minimum Gasteiger partial charge on any atom is -0.341 e. The van der Waals surface area contributed by atoms with Crippen LogP contribution in [0.3, 0.4) is 0 Å². The van der Waals surface area contributed by atoms with E-state index in [0.29, 0.717) is 13.0 Å². The van der Waals surface area contributed by atoms with E-state index in [1.54, 1.807) is 0 Å². The Labute approximate surface area is 136 Å². The number of nitrogens with zero attached hydrogens (tertiary/aromatic N) is 1. The number of hydrogen-bond donors (Lipinski definition) is 0. The van der Waals surface area contributed by atoms with Gasteiger partial charge in [-0.15, -0.1) is 0 Å². The van der Waals surface area contributed by atoms with E-state index in [1.807, 2.05) is 11.9 Å². The van der Waals surface area contributed by atoms with Crippen LogP contribution in [0.15, 0.2) is 66.7 Å². The summed E-state index contributed by atoms with van der Waals surface area (Å²) in [6.45, 7) is 0.694. The van der Waals surface area contributed by atoms with Crippen LogP contribution in [-0.4, -0.2) is 17.9 Å². The molecule has 1 heterocycles. The first-order chi connectivity index (χ1) is 11.2. The summed E-state index contributed by atoms with van der Waals surface area (Å²) in [7, 11) is 1.89. The van der Waals surface area contributed by atoms with Crippen LogP contribution in [-0.2, 0) is 11.3 Å². The monoisotopic (exact) mass is 301 g/mol. The molecular weight excluding hydrogens is 282 g/mol. The van der Waals surface area contributed by atoms with Crippen molar-refractivity contribution in [2.45, 2.75) is 18.9 Å². The normalized spacial score (nSPS) is 17.9. The molecule has 0 saturated heterocycles. The predicted octanol–water partition coefficient (Wildman–Crippen LogP) is 4.33. The molecule has 0 saturated carbocycles. The molecule has 0 bridgehead atoms. The largest absolute Gasteiger partial charge is 0.341 e. The molecule has 3 aromatic carbocycles. The van der Waals surface area contributed by atoms with Gasteiger partial charge in [-0.05, 0) is 27.5 Å². The van der Waals surface area contributed by atoms with Crippen molar-refractivity contribution in [2.75, 3.05) is 7.05 Å². The average molecular weight is 301 g/mol. The standard InChI is InChI=1S/C21H19NO/c1-22-14-18-8-4-5-9-19(18)20(13-21(22)23)17-11-10-15-6-2-3-7-16(15)12-17/h2-12,20H,13-14H2,1H3. The first-order valence-electron chi connectivity index (χ1n) is 8.03. The average Bonchev–Trinajstić information content (AvgIpc) is 2.71. The molecule has 2 nitrogen and oxygen atoms in total. The molecule has 23 heavy (non-hydrogen) atoms. The first kappa shape index (κ1) is 14.0. The fourth-order valence-electron chi connectivity index (χ4n) is 3.52. The highest BCUT2D eigenvalue weighted by atomic mass is 16.2. The van der Waals surface area contributed by atoms with Crippen LogP contribution in [0, 0.1) is 0 Å². The van der Waals surface area contributed by atoms with Gasteiger partial charge in [-0.1, -0.05) is 66.7 Å². The van der Waals surface area contributed by atoms with Gasteiger partial charge in [-0.2, -0.15) is 0 Å². The van der Waals surface area contributed by atoms with Gasteiger partial charge in [0, 0.05) is 25.9 Å². The Kier molecular flexibility index (Phi) is 3.38. The van der Waals surface area contributed by atoms with Gasteiger partial charge in [-0.3, -0.25) is 4.79 Å². The summed E-state index contributed by atoms with van der Waals surface area (Å²) in [5.41, 5.74) is 3.75. The maximum atomic E-state index is 12.5. The molecule has 4 rings (SSSR count). The molecule has 3 aromatic rings. The number of carbonyl (C=O) groups is 1. The van der Waals surface area contributed by atoms with Crippen LogP contribution >= 0.6 is 0 Å². The summed E-state index contributed by atoms with van der Waals surface area (Å²) in [6, 6.07) is 23.4. The molecule has 0 spiro atoms. The third-order valence-electron chi connectivity index (χ3n) is 4.82. The van der Waals surface area contributed by atoms with Crippen LogP contribution in [0.1, 0.15) is 29.0 Å². The number of carbonyl (C=O) groups excluding carboxylic acids is 1. The lowest BCUT2D eigenvalue weighted by Crippen LogP contribution is -2.24. The van der Waals surface area contributed by atoms with Gasteiger partial charge in [0.1, 0.15) is 0 Å². The van der Waals surface area contributed by atoms with Crippen LogP contribution in [0.4, 0.5) is 0 Å². The zero-order valence-corrected chi connectivity index (χ0v) is 13.2. The number of benzene rings is 3. The smallest absolute Gasteiger partial charge is 0.223 e. The van der Waals surface area contributed by atoms with Crippen molar-refractivity contribution in [3.8, 4) is 0 Å². The highest BCUT2D eigenvalue weighted by Gasteiger charge is 2.26. The van der Waals surface area contributed by atoms with Crippen molar-refractivity contribution in [1.29, 1.82) is 0 Å².